The molecule has 0 aromatic carbocycles. The van der Waals surface area contributed by atoms with Gasteiger partial charge in [-0.3, -0.25) is 4.79 Å². The molecular weight excluding hydrogens is 324 g/mol. The van der Waals surface area contributed by atoms with Crippen LogP contribution in [0.5, 0.6) is 0 Å². The van der Waals surface area contributed by atoms with Crippen LogP contribution in [0.4, 0.5) is 0 Å². The third kappa shape index (κ3) is 3.31. The third-order valence-corrected chi connectivity index (χ3v) is 5.37. The molecule has 1 atom stereocenters. The number of thioether (sulfide) groups is 1. The van der Waals surface area contributed by atoms with Crippen LogP contribution >= 0.6 is 23.1 Å². The Bertz CT molecular complexity index is 611. The molecule has 22 heavy (non-hydrogen) atoms. The predicted molar refractivity (Wildman–Crippen MR) is 81.8 cm³/mol. The lowest BCUT2D eigenvalue weighted by Gasteiger charge is -2.23. The number of hydrogen-bond donors (Lipinski definition) is 0. The molecule has 0 saturated carbocycles. The zero-order valence-electron chi connectivity index (χ0n) is 12.0. The Balaban J connectivity index is 1.81. The van der Waals surface area contributed by atoms with Gasteiger partial charge in [0.1, 0.15) is 5.25 Å². The molecule has 7 nitrogen and oxygen atoms in total. The molecule has 0 aliphatic carbocycles. The Morgan fingerprint density at radius 3 is 3.05 bits per heavy atom. The first-order chi connectivity index (χ1) is 10.8. The van der Waals surface area contributed by atoms with E-state index in [1.807, 2.05) is 16.8 Å². The fourth-order valence-electron chi connectivity index (χ4n) is 2.31. The van der Waals surface area contributed by atoms with E-state index in [0.29, 0.717) is 18.4 Å². The summed E-state index contributed by atoms with van der Waals surface area (Å²) < 4.78 is 12.1. The Kier molecular flexibility index (Phi) is 5.06. The normalized spacial score (nSPS) is 17.3. The number of hydrogen-bond acceptors (Lipinski definition) is 8. The number of methoxy groups -OCH3 is 1. The van der Waals surface area contributed by atoms with Crippen LogP contribution in [0.15, 0.2) is 22.0 Å². The van der Waals surface area contributed by atoms with Gasteiger partial charge in [0.25, 0.3) is 0 Å². The monoisotopic (exact) mass is 340 g/mol. The summed E-state index contributed by atoms with van der Waals surface area (Å²) in [6.45, 7) is 1.42. The summed E-state index contributed by atoms with van der Waals surface area (Å²) in [4.78, 5) is 12.1. The summed E-state index contributed by atoms with van der Waals surface area (Å²) in [5.74, 6) is -0.301. The van der Waals surface area contributed by atoms with E-state index in [1.54, 1.807) is 16.0 Å². The van der Waals surface area contributed by atoms with E-state index in [0.717, 1.165) is 18.4 Å². The van der Waals surface area contributed by atoms with Gasteiger partial charge in [0.05, 0.1) is 13.2 Å². The summed E-state index contributed by atoms with van der Waals surface area (Å²) >= 11 is 2.87. The number of aromatic nitrogens is 4. The minimum absolute atomic E-state index is 0.215. The minimum Gasteiger partial charge on any atom is -0.468 e. The molecular formula is C13H16N4O3S2. The molecule has 3 rings (SSSR count). The molecule has 0 N–H and O–H groups in total. The molecule has 3 heterocycles. The van der Waals surface area contributed by atoms with Crippen LogP contribution in [0.3, 0.4) is 0 Å². The van der Waals surface area contributed by atoms with Crippen LogP contribution in [0, 0.1) is 0 Å². The van der Waals surface area contributed by atoms with Gasteiger partial charge in [0.2, 0.25) is 5.16 Å². The second-order valence-corrected chi connectivity index (χ2v) is 6.68. The number of tetrazole rings is 1. The van der Waals surface area contributed by atoms with Gasteiger partial charge in [-0.15, -0.1) is 5.10 Å². The molecule has 0 bridgehead atoms. The van der Waals surface area contributed by atoms with Crippen molar-refractivity contribution in [2.24, 2.45) is 0 Å². The number of rotatable bonds is 5. The summed E-state index contributed by atoms with van der Waals surface area (Å²) in [5.41, 5.74) is 0.906. The van der Waals surface area contributed by atoms with Gasteiger partial charge < -0.3 is 9.47 Å². The highest BCUT2D eigenvalue weighted by Gasteiger charge is 2.28. The van der Waals surface area contributed by atoms with Crippen LogP contribution in [0.25, 0.3) is 0 Å². The fourth-order valence-corrected chi connectivity index (χ4v) is 4.15. The van der Waals surface area contributed by atoms with Crippen molar-refractivity contribution in [1.82, 2.24) is 20.2 Å². The molecule has 1 fully saturated rings. The van der Waals surface area contributed by atoms with Gasteiger partial charge in [-0.2, -0.15) is 11.3 Å². The molecule has 0 spiro atoms. The summed E-state index contributed by atoms with van der Waals surface area (Å²) in [6.07, 6.45) is 1.75. The van der Waals surface area contributed by atoms with Crippen molar-refractivity contribution in [3.8, 4) is 0 Å². The maximum absolute atomic E-state index is 12.1. The minimum atomic E-state index is -0.458. The largest absolute Gasteiger partial charge is 0.468 e. The lowest BCUT2D eigenvalue weighted by molar-refractivity contribution is -0.140. The average Bonchev–Trinajstić information content (AvgIpc) is 3.24. The second-order valence-electron chi connectivity index (χ2n) is 4.83. The van der Waals surface area contributed by atoms with E-state index in [4.69, 9.17) is 9.47 Å². The van der Waals surface area contributed by atoms with Gasteiger partial charge in [0, 0.05) is 13.2 Å². The Hall–Kier alpha value is -1.45. The lowest BCUT2D eigenvalue weighted by atomic mass is 10.1. The first-order valence-corrected chi connectivity index (χ1v) is 8.74. The quantitative estimate of drug-likeness (QED) is 0.609. The Morgan fingerprint density at radius 2 is 2.36 bits per heavy atom. The van der Waals surface area contributed by atoms with Gasteiger partial charge in [-0.1, -0.05) is 11.8 Å². The van der Waals surface area contributed by atoms with Crippen LogP contribution < -0.4 is 0 Å². The van der Waals surface area contributed by atoms with E-state index >= 15 is 0 Å². The van der Waals surface area contributed by atoms with Gasteiger partial charge in [-0.05, 0) is 45.7 Å². The lowest BCUT2D eigenvalue weighted by Crippen LogP contribution is -2.21. The summed E-state index contributed by atoms with van der Waals surface area (Å²) in [7, 11) is 1.39. The number of carbonyl (C=O) groups excluding carboxylic acids is 1. The van der Waals surface area contributed by atoms with Gasteiger partial charge in [0.15, 0.2) is 0 Å². The summed E-state index contributed by atoms with van der Waals surface area (Å²) in [6, 6.07) is 2.13. The van der Waals surface area contributed by atoms with Crippen molar-refractivity contribution < 1.29 is 14.3 Å². The highest BCUT2D eigenvalue weighted by atomic mass is 32.2. The number of ether oxygens (including phenoxy) is 2. The van der Waals surface area contributed by atoms with Crippen molar-refractivity contribution in [3.63, 3.8) is 0 Å². The van der Waals surface area contributed by atoms with Crippen LogP contribution in [0.1, 0.15) is 29.7 Å². The fraction of sp³-hybridized carbons (Fsp3) is 0.538. The van der Waals surface area contributed by atoms with Crippen LogP contribution in [-0.2, 0) is 14.3 Å². The van der Waals surface area contributed by atoms with Crippen molar-refractivity contribution in [2.45, 2.75) is 29.3 Å². The molecule has 0 amide bonds. The third-order valence-electron chi connectivity index (χ3n) is 3.48. The standard InChI is InChI=1S/C13H16N4O3S2/c1-19-12(18)11(9-4-7-21-8-9)22-13-14-15-16-17(13)10-2-5-20-6-3-10/h4,7-8,10-11H,2-3,5-6H2,1H3/t11-/m0/s1. The topological polar surface area (TPSA) is 79.1 Å². The van der Waals surface area contributed by atoms with Crippen molar-refractivity contribution in [3.05, 3.63) is 22.4 Å². The number of thiophene rings is 1. The SMILES string of the molecule is COC(=O)[C@@H](Sc1nnnn1C1CCOCC1)c1ccsc1. The molecule has 0 radical (unpaired) electrons. The van der Waals surface area contributed by atoms with E-state index in [-0.39, 0.29) is 12.0 Å². The maximum Gasteiger partial charge on any atom is 0.323 e. The second kappa shape index (κ2) is 7.21. The smallest absolute Gasteiger partial charge is 0.323 e. The van der Waals surface area contributed by atoms with E-state index in [9.17, 15) is 4.79 Å². The molecule has 1 aliphatic heterocycles. The van der Waals surface area contributed by atoms with Gasteiger partial charge >= 0.3 is 5.97 Å². The Labute approximate surface area is 136 Å². The number of carbonyl (C=O) groups is 1. The molecule has 2 aromatic heterocycles. The highest BCUT2D eigenvalue weighted by molar-refractivity contribution is 8.00. The molecule has 9 heteroatoms. The zero-order chi connectivity index (χ0) is 15.4. The van der Waals surface area contributed by atoms with E-state index in [1.165, 1.54) is 18.9 Å². The highest BCUT2D eigenvalue weighted by Crippen LogP contribution is 2.37. The molecule has 0 unspecified atom stereocenters. The first kappa shape index (κ1) is 15.4. The van der Waals surface area contributed by atoms with Crippen molar-refractivity contribution in [1.29, 1.82) is 0 Å². The predicted octanol–water partition coefficient (Wildman–Crippen LogP) is 2.09. The van der Waals surface area contributed by atoms with E-state index in [2.05, 4.69) is 15.5 Å². The van der Waals surface area contributed by atoms with Gasteiger partial charge in [-0.25, -0.2) is 4.68 Å². The average molecular weight is 340 g/mol. The number of nitrogens with zero attached hydrogens (tertiary/aromatic N) is 4. The molecule has 1 aliphatic rings. The Morgan fingerprint density at radius 1 is 1.55 bits per heavy atom. The van der Waals surface area contributed by atoms with E-state index < -0.39 is 5.25 Å². The molecule has 118 valence electrons. The van der Waals surface area contributed by atoms with Crippen LogP contribution in [-0.4, -0.2) is 46.5 Å². The summed E-state index contributed by atoms with van der Waals surface area (Å²) in [5, 5.41) is 16.0. The first-order valence-electron chi connectivity index (χ1n) is 6.92. The van der Waals surface area contributed by atoms with Crippen molar-refractivity contribution in [2.75, 3.05) is 20.3 Å². The van der Waals surface area contributed by atoms with Crippen molar-refractivity contribution >= 4 is 29.1 Å². The number of esters is 1. The maximum atomic E-state index is 12.1. The zero-order valence-corrected chi connectivity index (χ0v) is 13.7. The molecule has 2 aromatic rings. The molecule has 1 saturated heterocycles. The van der Waals surface area contributed by atoms with Crippen LogP contribution in [0.2, 0.25) is 0 Å².